The van der Waals surface area contributed by atoms with Crippen LogP contribution < -0.4 is 0 Å². The van der Waals surface area contributed by atoms with Gasteiger partial charge in [0, 0.05) is 0 Å². The molecule has 0 aromatic heterocycles. The van der Waals surface area contributed by atoms with Gasteiger partial charge in [-0.15, -0.1) is 0 Å². The zero-order valence-electron chi connectivity index (χ0n) is 7.52. The second-order valence-electron chi connectivity index (χ2n) is 1.73. The Hall–Kier alpha value is -0.780. The molecule has 0 saturated carbocycles. The third-order valence-corrected chi connectivity index (χ3v) is 0.684. The van der Waals surface area contributed by atoms with Gasteiger partial charge in [-0.3, -0.25) is 0 Å². The normalized spacial score (nSPS) is 8.73. The predicted octanol–water partition coefficient (Wildman–Crippen LogP) is 4.36. The Balaban J connectivity index is -0.000000196. The lowest BCUT2D eigenvalue weighted by atomic mass is 10.3. The molecular weight excluding hydrogens is 132 g/mol. The van der Waals surface area contributed by atoms with E-state index in [1.807, 2.05) is 52.0 Å². The molecule has 0 aromatic carbocycles. The molecule has 0 atom stereocenters. The minimum Gasteiger partial charge on any atom is -0.0961 e. The summed E-state index contributed by atoms with van der Waals surface area (Å²) in [5, 5.41) is 0. The molecule has 0 amide bonds. The van der Waals surface area contributed by atoms with Crippen LogP contribution in [0.3, 0.4) is 0 Å². The van der Waals surface area contributed by atoms with Gasteiger partial charge in [0.15, 0.2) is 0 Å². The standard InChI is InChI=1S/C8H12.C2H6.CH4/c1-4-5-6-7-8(2)3;1-2;/h4-7H,2H2,1,3H3;1-2H3;1H4/b5-4-,7-6-;;. The van der Waals surface area contributed by atoms with Crippen LogP contribution in [0, 0.1) is 0 Å². The van der Waals surface area contributed by atoms with Crippen LogP contribution in [0.25, 0.3) is 0 Å². The third kappa shape index (κ3) is 27.0. The van der Waals surface area contributed by atoms with Crippen molar-refractivity contribution in [2.45, 2.75) is 35.1 Å². The number of allylic oxidation sites excluding steroid dienone is 5. The molecule has 0 spiro atoms. The van der Waals surface area contributed by atoms with E-state index in [0.717, 1.165) is 5.57 Å². The summed E-state index contributed by atoms with van der Waals surface area (Å²) in [6.45, 7) is 11.7. The van der Waals surface area contributed by atoms with Crippen molar-refractivity contribution in [1.82, 2.24) is 0 Å². The Labute approximate surface area is 72.3 Å². The summed E-state index contributed by atoms with van der Waals surface area (Å²) in [5.74, 6) is 0. The lowest BCUT2D eigenvalue weighted by molar-refractivity contribution is 1.50. The van der Waals surface area contributed by atoms with E-state index in [1.165, 1.54) is 0 Å². The van der Waals surface area contributed by atoms with E-state index in [0.29, 0.717) is 0 Å². The van der Waals surface area contributed by atoms with Crippen LogP contribution >= 0.6 is 0 Å². The summed E-state index contributed by atoms with van der Waals surface area (Å²) in [7, 11) is 0. The molecule has 0 fully saturated rings. The second-order valence-corrected chi connectivity index (χ2v) is 1.73. The van der Waals surface area contributed by atoms with E-state index < -0.39 is 0 Å². The maximum Gasteiger partial charge on any atom is -0.0404 e. The highest BCUT2D eigenvalue weighted by molar-refractivity contribution is 5.16. The van der Waals surface area contributed by atoms with E-state index in [4.69, 9.17) is 0 Å². The first-order valence-electron chi connectivity index (χ1n) is 3.72. The van der Waals surface area contributed by atoms with Crippen LogP contribution in [0.2, 0.25) is 0 Å². The minimum absolute atomic E-state index is 0. The third-order valence-electron chi connectivity index (χ3n) is 0.684. The first-order chi connectivity index (χ1) is 4.77. The smallest absolute Gasteiger partial charge is 0.0404 e. The van der Waals surface area contributed by atoms with E-state index in [-0.39, 0.29) is 7.43 Å². The van der Waals surface area contributed by atoms with Crippen LogP contribution in [0.1, 0.15) is 35.1 Å². The molecule has 0 aliphatic heterocycles. The van der Waals surface area contributed by atoms with Crippen molar-refractivity contribution in [3.8, 4) is 0 Å². The van der Waals surface area contributed by atoms with Crippen molar-refractivity contribution in [3.05, 3.63) is 36.5 Å². The summed E-state index contributed by atoms with van der Waals surface area (Å²) in [6, 6.07) is 0. The van der Waals surface area contributed by atoms with Crippen LogP contribution in [0.5, 0.6) is 0 Å². The molecule has 0 heteroatoms. The first kappa shape index (κ1) is 16.7. The first-order valence-corrected chi connectivity index (χ1v) is 3.72. The highest BCUT2D eigenvalue weighted by Gasteiger charge is 1.66. The van der Waals surface area contributed by atoms with Gasteiger partial charge in [-0.2, -0.15) is 0 Å². The van der Waals surface area contributed by atoms with E-state index in [2.05, 4.69) is 6.58 Å². The van der Waals surface area contributed by atoms with Crippen molar-refractivity contribution in [1.29, 1.82) is 0 Å². The molecule has 0 heterocycles. The average molecular weight is 154 g/mol. The lowest BCUT2D eigenvalue weighted by Gasteiger charge is -1.78. The predicted molar refractivity (Wildman–Crippen MR) is 56.8 cm³/mol. The quantitative estimate of drug-likeness (QED) is 0.518. The highest BCUT2D eigenvalue weighted by Crippen LogP contribution is 1.88. The Bertz CT molecular complexity index is 116. The van der Waals surface area contributed by atoms with Crippen molar-refractivity contribution >= 4 is 0 Å². The topological polar surface area (TPSA) is 0 Å². The fourth-order valence-electron chi connectivity index (χ4n) is 0.331. The maximum absolute atomic E-state index is 3.71. The van der Waals surface area contributed by atoms with Crippen LogP contribution in [-0.2, 0) is 0 Å². The molecule has 0 aliphatic carbocycles. The van der Waals surface area contributed by atoms with Crippen LogP contribution in [0.4, 0.5) is 0 Å². The van der Waals surface area contributed by atoms with Crippen LogP contribution in [-0.4, -0.2) is 0 Å². The molecule has 0 nitrogen and oxygen atoms in total. The zero-order valence-corrected chi connectivity index (χ0v) is 7.52. The van der Waals surface area contributed by atoms with Crippen molar-refractivity contribution in [2.75, 3.05) is 0 Å². The molecule has 0 unspecified atom stereocenters. The maximum atomic E-state index is 3.71. The molecule has 0 aliphatic rings. The zero-order chi connectivity index (χ0) is 8.41. The molecule has 66 valence electrons. The SMILES string of the molecule is C.C=C(C)/C=C\C=C/C.CC. The van der Waals surface area contributed by atoms with Gasteiger partial charge in [-0.05, 0) is 13.8 Å². The monoisotopic (exact) mass is 154 g/mol. The Kier molecular flexibility index (Phi) is 24.4. The van der Waals surface area contributed by atoms with Crippen molar-refractivity contribution < 1.29 is 0 Å². The Morgan fingerprint density at radius 1 is 1.18 bits per heavy atom. The number of hydrogen-bond donors (Lipinski definition) is 0. The Morgan fingerprint density at radius 3 is 1.91 bits per heavy atom. The van der Waals surface area contributed by atoms with Gasteiger partial charge in [-0.1, -0.05) is 57.7 Å². The lowest BCUT2D eigenvalue weighted by Crippen LogP contribution is -1.56. The van der Waals surface area contributed by atoms with Gasteiger partial charge in [-0.25, -0.2) is 0 Å². The Morgan fingerprint density at radius 2 is 1.64 bits per heavy atom. The van der Waals surface area contributed by atoms with Crippen LogP contribution in [0.15, 0.2) is 36.5 Å². The fourth-order valence-corrected chi connectivity index (χ4v) is 0.331. The molecule has 0 saturated heterocycles. The summed E-state index contributed by atoms with van der Waals surface area (Å²) in [4.78, 5) is 0. The highest BCUT2D eigenvalue weighted by atomic mass is 13.7. The van der Waals surface area contributed by atoms with Gasteiger partial charge in [0.05, 0.1) is 0 Å². The van der Waals surface area contributed by atoms with Crippen molar-refractivity contribution in [2.24, 2.45) is 0 Å². The summed E-state index contributed by atoms with van der Waals surface area (Å²) >= 11 is 0. The summed E-state index contributed by atoms with van der Waals surface area (Å²) in [6.07, 6.45) is 7.91. The molecule has 0 radical (unpaired) electrons. The molecule has 0 aromatic rings. The van der Waals surface area contributed by atoms with E-state index in [9.17, 15) is 0 Å². The van der Waals surface area contributed by atoms with E-state index in [1.54, 1.807) is 0 Å². The fraction of sp³-hybridized carbons (Fsp3) is 0.455. The van der Waals surface area contributed by atoms with Gasteiger partial charge < -0.3 is 0 Å². The molecule has 0 N–H and O–H groups in total. The summed E-state index contributed by atoms with van der Waals surface area (Å²) in [5.41, 5.74) is 1.09. The van der Waals surface area contributed by atoms with E-state index >= 15 is 0 Å². The molecule has 11 heavy (non-hydrogen) atoms. The van der Waals surface area contributed by atoms with Crippen molar-refractivity contribution in [3.63, 3.8) is 0 Å². The van der Waals surface area contributed by atoms with Gasteiger partial charge >= 0.3 is 0 Å². The molecular formula is C11H22. The van der Waals surface area contributed by atoms with Gasteiger partial charge in [0.25, 0.3) is 0 Å². The number of rotatable bonds is 2. The molecule has 0 bridgehead atoms. The largest absolute Gasteiger partial charge is 0.0961 e. The summed E-state index contributed by atoms with van der Waals surface area (Å²) < 4.78 is 0. The average Bonchev–Trinajstić information content (AvgIpc) is 1.92. The number of hydrogen-bond acceptors (Lipinski definition) is 0. The van der Waals surface area contributed by atoms with Gasteiger partial charge in [0.1, 0.15) is 0 Å². The van der Waals surface area contributed by atoms with Gasteiger partial charge in [0.2, 0.25) is 0 Å². The minimum atomic E-state index is 0. The second kappa shape index (κ2) is 16.1. The molecule has 0 rings (SSSR count).